The molecule has 4 aromatic rings. The van der Waals surface area contributed by atoms with E-state index in [4.69, 9.17) is 9.72 Å². The van der Waals surface area contributed by atoms with E-state index >= 15 is 0 Å². The number of likely N-dealkylation sites (tertiary alicyclic amines) is 1. The highest BCUT2D eigenvalue weighted by Crippen LogP contribution is 2.28. The molecular formula is C27H29N3O. The summed E-state index contributed by atoms with van der Waals surface area (Å²) >= 11 is 0. The number of hydrogen-bond donors (Lipinski definition) is 0. The summed E-state index contributed by atoms with van der Waals surface area (Å²) in [6.07, 6.45) is 4.00. The number of aromatic nitrogens is 2. The van der Waals surface area contributed by atoms with Crippen LogP contribution in [-0.4, -0.2) is 34.1 Å². The van der Waals surface area contributed by atoms with Crippen molar-refractivity contribution in [3.8, 4) is 17.1 Å². The summed E-state index contributed by atoms with van der Waals surface area (Å²) in [5.74, 6) is 1.89. The average molecular weight is 412 g/mol. The SMILES string of the molecule is c1ccc(COc2cccc(-c3nc4ccccc4n3CCN3CCCCC3)c2)cc1. The predicted octanol–water partition coefficient (Wildman–Crippen LogP) is 5.77. The zero-order valence-corrected chi connectivity index (χ0v) is 17.9. The molecule has 158 valence electrons. The maximum absolute atomic E-state index is 6.08. The van der Waals surface area contributed by atoms with Gasteiger partial charge in [-0.15, -0.1) is 0 Å². The summed E-state index contributed by atoms with van der Waals surface area (Å²) in [7, 11) is 0. The van der Waals surface area contributed by atoms with Gasteiger partial charge in [0, 0.05) is 18.7 Å². The number of fused-ring (bicyclic) bond motifs is 1. The van der Waals surface area contributed by atoms with Crippen LogP contribution in [0.25, 0.3) is 22.4 Å². The maximum atomic E-state index is 6.08. The Balaban J connectivity index is 1.41. The Hall–Kier alpha value is -3.11. The molecule has 1 aliphatic heterocycles. The summed E-state index contributed by atoms with van der Waals surface area (Å²) in [4.78, 5) is 7.58. The van der Waals surface area contributed by atoms with Gasteiger partial charge in [0.2, 0.25) is 0 Å². The van der Waals surface area contributed by atoms with Crippen LogP contribution in [-0.2, 0) is 13.2 Å². The standard InChI is InChI=1S/C27H29N3O/c1-3-10-22(11-4-1)21-31-24-13-9-12-23(20-24)27-28-25-14-5-6-15-26(25)30(27)19-18-29-16-7-2-8-17-29/h1,3-6,9-15,20H,2,7-8,16-19,21H2. The number of benzene rings is 3. The quantitative estimate of drug-likeness (QED) is 0.387. The van der Waals surface area contributed by atoms with Gasteiger partial charge < -0.3 is 14.2 Å². The Kier molecular flexibility index (Phi) is 5.99. The van der Waals surface area contributed by atoms with E-state index in [-0.39, 0.29) is 0 Å². The molecule has 3 aromatic carbocycles. The third-order valence-electron chi connectivity index (χ3n) is 6.08. The molecule has 1 aromatic heterocycles. The Bertz CT molecular complexity index is 1130. The zero-order chi connectivity index (χ0) is 20.9. The lowest BCUT2D eigenvalue weighted by atomic mass is 10.1. The lowest BCUT2D eigenvalue weighted by Gasteiger charge is -2.26. The number of ether oxygens (including phenoxy) is 1. The van der Waals surface area contributed by atoms with E-state index in [9.17, 15) is 0 Å². The molecule has 5 rings (SSSR count). The fraction of sp³-hybridized carbons (Fsp3) is 0.296. The van der Waals surface area contributed by atoms with Crippen molar-refractivity contribution in [3.05, 3.63) is 84.4 Å². The highest BCUT2D eigenvalue weighted by atomic mass is 16.5. The molecule has 4 heteroatoms. The molecule has 2 heterocycles. The molecule has 1 saturated heterocycles. The number of hydrogen-bond acceptors (Lipinski definition) is 3. The van der Waals surface area contributed by atoms with Crippen LogP contribution in [0.1, 0.15) is 24.8 Å². The number of para-hydroxylation sites is 2. The zero-order valence-electron chi connectivity index (χ0n) is 17.9. The van der Waals surface area contributed by atoms with Crippen molar-refractivity contribution >= 4 is 11.0 Å². The number of rotatable bonds is 7. The second-order valence-electron chi connectivity index (χ2n) is 8.28. The predicted molar refractivity (Wildman–Crippen MR) is 126 cm³/mol. The summed E-state index contributed by atoms with van der Waals surface area (Å²) in [6, 6.07) is 27.1. The van der Waals surface area contributed by atoms with E-state index in [0.717, 1.165) is 35.7 Å². The van der Waals surface area contributed by atoms with Crippen LogP contribution in [0.4, 0.5) is 0 Å². The molecule has 0 N–H and O–H groups in total. The molecule has 0 radical (unpaired) electrons. The third kappa shape index (κ3) is 4.64. The van der Waals surface area contributed by atoms with Crippen molar-refractivity contribution in [2.24, 2.45) is 0 Å². The van der Waals surface area contributed by atoms with Crippen LogP contribution in [0.3, 0.4) is 0 Å². The molecule has 0 amide bonds. The molecule has 0 saturated carbocycles. The molecule has 1 aliphatic rings. The lowest BCUT2D eigenvalue weighted by Crippen LogP contribution is -2.32. The molecule has 0 atom stereocenters. The highest BCUT2D eigenvalue weighted by Gasteiger charge is 2.15. The van der Waals surface area contributed by atoms with Gasteiger partial charge in [0.15, 0.2) is 0 Å². The van der Waals surface area contributed by atoms with Gasteiger partial charge in [0.05, 0.1) is 11.0 Å². The average Bonchev–Trinajstić information content (AvgIpc) is 3.22. The van der Waals surface area contributed by atoms with Gasteiger partial charge in [-0.05, 0) is 55.8 Å². The van der Waals surface area contributed by atoms with E-state index in [1.807, 2.05) is 24.3 Å². The summed E-state index contributed by atoms with van der Waals surface area (Å²) in [5.41, 5.74) is 4.51. The van der Waals surface area contributed by atoms with Gasteiger partial charge >= 0.3 is 0 Å². The van der Waals surface area contributed by atoms with E-state index in [1.165, 1.54) is 43.4 Å². The molecule has 1 fully saturated rings. The minimum Gasteiger partial charge on any atom is -0.489 e. The Morgan fingerprint density at radius 2 is 1.58 bits per heavy atom. The van der Waals surface area contributed by atoms with Crippen LogP contribution >= 0.6 is 0 Å². The molecule has 0 unspecified atom stereocenters. The van der Waals surface area contributed by atoms with Crippen LogP contribution in [0.5, 0.6) is 5.75 Å². The fourth-order valence-electron chi connectivity index (χ4n) is 4.41. The van der Waals surface area contributed by atoms with E-state index < -0.39 is 0 Å². The molecule has 0 spiro atoms. The normalized spacial score (nSPS) is 14.7. The van der Waals surface area contributed by atoms with Crippen LogP contribution in [0, 0.1) is 0 Å². The van der Waals surface area contributed by atoms with E-state index in [2.05, 4.69) is 64.1 Å². The van der Waals surface area contributed by atoms with Gasteiger partial charge in [0.25, 0.3) is 0 Å². The van der Waals surface area contributed by atoms with E-state index in [1.54, 1.807) is 0 Å². The van der Waals surface area contributed by atoms with Crippen molar-refractivity contribution in [2.75, 3.05) is 19.6 Å². The second-order valence-corrected chi connectivity index (χ2v) is 8.28. The van der Waals surface area contributed by atoms with Gasteiger partial charge in [-0.1, -0.05) is 61.0 Å². The second kappa shape index (κ2) is 9.36. The molecular weight excluding hydrogens is 382 g/mol. The summed E-state index contributed by atoms with van der Waals surface area (Å²) in [5, 5.41) is 0. The topological polar surface area (TPSA) is 30.3 Å². The largest absolute Gasteiger partial charge is 0.489 e. The first-order valence-corrected chi connectivity index (χ1v) is 11.3. The summed E-state index contributed by atoms with van der Waals surface area (Å²) < 4.78 is 8.45. The maximum Gasteiger partial charge on any atom is 0.141 e. The first kappa shape index (κ1) is 19.8. The molecule has 4 nitrogen and oxygen atoms in total. The van der Waals surface area contributed by atoms with E-state index in [0.29, 0.717) is 6.61 Å². The fourth-order valence-corrected chi connectivity index (χ4v) is 4.41. The van der Waals surface area contributed by atoms with Gasteiger partial charge in [-0.25, -0.2) is 4.98 Å². The number of imidazole rings is 1. The van der Waals surface area contributed by atoms with Crippen LogP contribution in [0.2, 0.25) is 0 Å². The van der Waals surface area contributed by atoms with Gasteiger partial charge in [0.1, 0.15) is 18.2 Å². The lowest BCUT2D eigenvalue weighted by molar-refractivity contribution is 0.222. The Labute approximate surface area is 184 Å². The minimum absolute atomic E-state index is 0.565. The first-order chi connectivity index (χ1) is 15.4. The van der Waals surface area contributed by atoms with Gasteiger partial charge in [-0.3, -0.25) is 0 Å². The van der Waals surface area contributed by atoms with Crippen molar-refractivity contribution < 1.29 is 4.74 Å². The minimum atomic E-state index is 0.565. The monoisotopic (exact) mass is 411 g/mol. The van der Waals surface area contributed by atoms with Crippen molar-refractivity contribution in [1.29, 1.82) is 0 Å². The molecule has 0 bridgehead atoms. The molecule has 31 heavy (non-hydrogen) atoms. The van der Waals surface area contributed by atoms with Crippen molar-refractivity contribution in [3.63, 3.8) is 0 Å². The van der Waals surface area contributed by atoms with Crippen LogP contribution in [0.15, 0.2) is 78.9 Å². The Morgan fingerprint density at radius 3 is 2.45 bits per heavy atom. The highest BCUT2D eigenvalue weighted by molar-refractivity contribution is 5.80. The Morgan fingerprint density at radius 1 is 0.774 bits per heavy atom. The summed E-state index contributed by atoms with van der Waals surface area (Å²) in [6.45, 7) is 5.01. The van der Waals surface area contributed by atoms with Crippen molar-refractivity contribution in [2.45, 2.75) is 32.4 Å². The smallest absolute Gasteiger partial charge is 0.141 e. The van der Waals surface area contributed by atoms with Crippen molar-refractivity contribution in [1.82, 2.24) is 14.5 Å². The number of piperidine rings is 1. The first-order valence-electron chi connectivity index (χ1n) is 11.3. The van der Waals surface area contributed by atoms with Gasteiger partial charge in [-0.2, -0.15) is 0 Å². The third-order valence-corrected chi connectivity index (χ3v) is 6.08. The van der Waals surface area contributed by atoms with Crippen LogP contribution < -0.4 is 4.74 Å². The number of nitrogens with zero attached hydrogens (tertiary/aromatic N) is 3. The molecule has 0 aliphatic carbocycles.